The molecule has 2 aromatic rings. The van der Waals surface area contributed by atoms with Gasteiger partial charge in [0, 0.05) is 18.7 Å². The van der Waals surface area contributed by atoms with Crippen molar-refractivity contribution in [1.82, 2.24) is 10.2 Å². The lowest BCUT2D eigenvalue weighted by Gasteiger charge is -2.07. The predicted octanol–water partition coefficient (Wildman–Crippen LogP) is 3.05. The molecule has 0 unspecified atom stereocenters. The number of carbonyl (C=O) groups excluding carboxylic acids is 1. The van der Waals surface area contributed by atoms with Crippen LogP contribution >= 0.6 is 0 Å². The van der Waals surface area contributed by atoms with Crippen molar-refractivity contribution in [2.75, 3.05) is 14.2 Å². The number of nitrogens with one attached hydrogen (secondary N) is 1. The average Bonchev–Trinajstić information content (AvgIpc) is 2.93. The molecule has 1 aromatic heterocycles. The van der Waals surface area contributed by atoms with Crippen LogP contribution in [0.2, 0.25) is 0 Å². The van der Waals surface area contributed by atoms with Crippen molar-refractivity contribution < 1.29 is 14.3 Å². The Morgan fingerprint density at radius 3 is 2.19 bits per heavy atom. The van der Waals surface area contributed by atoms with Crippen molar-refractivity contribution in [3.05, 3.63) is 41.2 Å². The van der Waals surface area contributed by atoms with Gasteiger partial charge in [0.1, 0.15) is 17.2 Å². The lowest BCUT2D eigenvalue weighted by Crippen LogP contribution is -1.95. The Labute approximate surface area is 125 Å². The highest BCUT2D eigenvalue weighted by Gasteiger charge is 2.07. The van der Waals surface area contributed by atoms with Crippen LogP contribution in [0.25, 0.3) is 0 Å². The molecule has 0 radical (unpaired) electrons. The Morgan fingerprint density at radius 2 is 1.71 bits per heavy atom. The third-order valence-electron chi connectivity index (χ3n) is 3.09. The third-order valence-corrected chi connectivity index (χ3v) is 3.09. The maximum Gasteiger partial charge on any atom is 0.179 e. The van der Waals surface area contributed by atoms with Crippen molar-refractivity contribution in [3.8, 4) is 11.5 Å². The number of hydrogen-bond acceptors (Lipinski definition) is 4. The van der Waals surface area contributed by atoms with Gasteiger partial charge in [-0.1, -0.05) is 7.43 Å². The first-order valence-electron chi connectivity index (χ1n) is 6.39. The number of nitrogens with zero attached hydrogens (tertiary/aromatic N) is 1. The van der Waals surface area contributed by atoms with E-state index in [0.717, 1.165) is 35.6 Å². The molecule has 5 nitrogen and oxygen atoms in total. The van der Waals surface area contributed by atoms with Gasteiger partial charge in [-0.25, -0.2) is 0 Å². The molecule has 114 valence electrons. The van der Waals surface area contributed by atoms with Gasteiger partial charge in [0.25, 0.3) is 0 Å². The van der Waals surface area contributed by atoms with Gasteiger partial charge >= 0.3 is 0 Å². The monoisotopic (exact) mass is 290 g/mol. The van der Waals surface area contributed by atoms with Gasteiger partial charge in [-0.3, -0.25) is 9.89 Å². The molecule has 21 heavy (non-hydrogen) atoms. The van der Waals surface area contributed by atoms with Gasteiger partial charge in [-0.2, -0.15) is 5.10 Å². The number of ether oxygens (including phenoxy) is 2. The SMILES string of the molecule is C.COc1cc(CCc2cc(C(C)=O)n[nH]2)cc(OC)c1. The minimum Gasteiger partial charge on any atom is -0.497 e. The summed E-state index contributed by atoms with van der Waals surface area (Å²) in [6.45, 7) is 1.51. The summed E-state index contributed by atoms with van der Waals surface area (Å²) in [5, 5.41) is 6.85. The van der Waals surface area contributed by atoms with Gasteiger partial charge in [0.05, 0.1) is 14.2 Å². The van der Waals surface area contributed by atoms with Crippen LogP contribution in [0.3, 0.4) is 0 Å². The Balaban J connectivity index is 0.00000220. The highest BCUT2D eigenvalue weighted by atomic mass is 16.5. The summed E-state index contributed by atoms with van der Waals surface area (Å²) >= 11 is 0. The normalized spacial score (nSPS) is 9.86. The lowest BCUT2D eigenvalue weighted by molar-refractivity contribution is 0.101. The zero-order valence-corrected chi connectivity index (χ0v) is 11.9. The molecule has 1 N–H and O–H groups in total. The number of aryl methyl sites for hydroxylation is 2. The number of benzene rings is 1. The Hall–Kier alpha value is -2.30. The largest absolute Gasteiger partial charge is 0.497 e. The number of carbonyl (C=O) groups is 1. The van der Waals surface area contributed by atoms with Crippen molar-refractivity contribution in [3.63, 3.8) is 0 Å². The minimum absolute atomic E-state index is 0. The van der Waals surface area contributed by atoms with E-state index in [9.17, 15) is 4.79 Å². The molecule has 0 fully saturated rings. The zero-order chi connectivity index (χ0) is 14.5. The highest BCUT2D eigenvalue weighted by molar-refractivity contribution is 5.92. The minimum atomic E-state index is -0.0319. The standard InChI is InChI=1S/C15H18N2O3.CH4/c1-10(18)15-8-12(16-17-15)5-4-11-6-13(19-2)9-14(7-11)20-3;/h6-9H,4-5H2,1-3H3,(H,16,17);1H4. The lowest BCUT2D eigenvalue weighted by atomic mass is 10.1. The van der Waals surface area contributed by atoms with Gasteiger partial charge in [-0.05, 0) is 36.6 Å². The molecule has 2 rings (SSSR count). The van der Waals surface area contributed by atoms with Crippen LogP contribution in [-0.2, 0) is 12.8 Å². The number of methoxy groups -OCH3 is 2. The van der Waals surface area contributed by atoms with E-state index >= 15 is 0 Å². The second kappa shape index (κ2) is 7.47. The number of aromatic nitrogens is 2. The van der Waals surface area contributed by atoms with E-state index in [1.807, 2.05) is 18.2 Å². The quantitative estimate of drug-likeness (QED) is 0.830. The van der Waals surface area contributed by atoms with Crippen molar-refractivity contribution in [2.24, 2.45) is 0 Å². The van der Waals surface area contributed by atoms with E-state index in [1.165, 1.54) is 6.92 Å². The van der Waals surface area contributed by atoms with Crippen LogP contribution in [0.4, 0.5) is 0 Å². The number of aromatic amines is 1. The van der Waals surface area contributed by atoms with E-state index in [1.54, 1.807) is 20.3 Å². The predicted molar refractivity (Wildman–Crippen MR) is 82.3 cm³/mol. The van der Waals surface area contributed by atoms with Crippen LogP contribution in [0, 0.1) is 0 Å². The molecule has 0 aliphatic carbocycles. The number of rotatable bonds is 6. The van der Waals surface area contributed by atoms with Crippen molar-refractivity contribution in [2.45, 2.75) is 27.2 Å². The number of Topliss-reactive ketones (excluding diaryl/α,β-unsaturated/α-hetero) is 1. The smallest absolute Gasteiger partial charge is 0.179 e. The summed E-state index contributed by atoms with van der Waals surface area (Å²) in [4.78, 5) is 11.2. The zero-order valence-electron chi connectivity index (χ0n) is 11.9. The fourth-order valence-electron chi connectivity index (χ4n) is 1.96. The van der Waals surface area contributed by atoms with Crippen LogP contribution in [0.5, 0.6) is 11.5 Å². The first-order chi connectivity index (χ1) is 9.62. The molecule has 0 bridgehead atoms. The molecule has 0 aliphatic rings. The van der Waals surface area contributed by atoms with Crippen LogP contribution in [-0.4, -0.2) is 30.2 Å². The summed E-state index contributed by atoms with van der Waals surface area (Å²) in [7, 11) is 3.26. The van der Waals surface area contributed by atoms with Crippen LogP contribution < -0.4 is 9.47 Å². The van der Waals surface area contributed by atoms with Crippen molar-refractivity contribution >= 4 is 5.78 Å². The molecule has 1 aromatic carbocycles. The highest BCUT2D eigenvalue weighted by Crippen LogP contribution is 2.23. The Kier molecular flexibility index (Phi) is 5.96. The maximum atomic E-state index is 11.2. The second-order valence-electron chi connectivity index (χ2n) is 4.56. The second-order valence-corrected chi connectivity index (χ2v) is 4.56. The molecule has 0 spiro atoms. The first kappa shape index (κ1) is 16.8. The molecular formula is C16H22N2O3. The molecule has 0 amide bonds. The fourth-order valence-corrected chi connectivity index (χ4v) is 1.96. The van der Waals surface area contributed by atoms with Gasteiger partial charge in [-0.15, -0.1) is 0 Å². The van der Waals surface area contributed by atoms with E-state index in [4.69, 9.17) is 9.47 Å². The molecule has 0 saturated carbocycles. The van der Waals surface area contributed by atoms with E-state index in [0.29, 0.717) is 5.69 Å². The molecule has 1 heterocycles. The topological polar surface area (TPSA) is 64.2 Å². The summed E-state index contributed by atoms with van der Waals surface area (Å²) in [6.07, 6.45) is 1.59. The van der Waals surface area contributed by atoms with Crippen LogP contribution in [0.15, 0.2) is 24.3 Å². The summed E-state index contributed by atoms with van der Waals surface area (Å²) in [5.74, 6) is 1.51. The Bertz CT molecular complexity index is 583. The van der Waals surface area contributed by atoms with Crippen molar-refractivity contribution in [1.29, 1.82) is 0 Å². The molecule has 0 saturated heterocycles. The maximum absolute atomic E-state index is 11.2. The first-order valence-corrected chi connectivity index (χ1v) is 6.39. The molecule has 0 aliphatic heterocycles. The molecule has 0 atom stereocenters. The average molecular weight is 290 g/mol. The number of ketones is 1. The fraction of sp³-hybridized carbons (Fsp3) is 0.375. The van der Waals surface area contributed by atoms with Gasteiger partial charge in [0.2, 0.25) is 0 Å². The third kappa shape index (κ3) is 4.34. The van der Waals surface area contributed by atoms with E-state index in [2.05, 4.69) is 10.2 Å². The Morgan fingerprint density at radius 1 is 1.10 bits per heavy atom. The van der Waals surface area contributed by atoms with Gasteiger partial charge < -0.3 is 9.47 Å². The molecule has 5 heteroatoms. The van der Waals surface area contributed by atoms with Crippen LogP contribution in [0.1, 0.15) is 36.1 Å². The summed E-state index contributed by atoms with van der Waals surface area (Å²) < 4.78 is 10.5. The summed E-state index contributed by atoms with van der Waals surface area (Å²) in [5.41, 5.74) is 2.53. The number of hydrogen-bond donors (Lipinski definition) is 1. The number of H-pyrrole nitrogens is 1. The van der Waals surface area contributed by atoms with E-state index < -0.39 is 0 Å². The molecular weight excluding hydrogens is 268 g/mol. The van der Waals surface area contributed by atoms with E-state index in [-0.39, 0.29) is 13.2 Å². The van der Waals surface area contributed by atoms with Gasteiger partial charge in [0.15, 0.2) is 5.78 Å². The summed E-state index contributed by atoms with van der Waals surface area (Å²) in [6, 6.07) is 7.59.